The van der Waals surface area contributed by atoms with Crippen LogP contribution in [0, 0.1) is 0 Å². The van der Waals surface area contributed by atoms with Crippen LogP contribution in [0.15, 0.2) is 42.5 Å². The van der Waals surface area contributed by atoms with Gasteiger partial charge in [-0.15, -0.1) is 0 Å². The zero-order chi connectivity index (χ0) is 17.0. The van der Waals surface area contributed by atoms with E-state index in [0.717, 1.165) is 24.1 Å². The maximum Gasteiger partial charge on any atom is 0.257 e. The minimum atomic E-state index is -0.0471. The molecule has 3 nitrogen and oxygen atoms in total. The molecule has 2 aromatic carbocycles. The van der Waals surface area contributed by atoms with Gasteiger partial charge in [0.2, 0.25) is 0 Å². The van der Waals surface area contributed by atoms with Crippen LogP contribution < -0.4 is 10.1 Å². The molecule has 0 saturated carbocycles. The van der Waals surface area contributed by atoms with Crippen LogP contribution in [0.1, 0.15) is 51.9 Å². The van der Waals surface area contributed by atoms with Crippen molar-refractivity contribution in [3.8, 4) is 5.75 Å². The fourth-order valence-electron chi connectivity index (χ4n) is 2.77. The highest BCUT2D eigenvalue weighted by Crippen LogP contribution is 2.20. The Kier molecular flexibility index (Phi) is 8.16. The first kappa shape index (κ1) is 18.3. The number of amides is 1. The second kappa shape index (κ2) is 10.7. The molecule has 0 spiro atoms. The fourth-order valence-corrected chi connectivity index (χ4v) is 2.77. The molecule has 0 bridgehead atoms. The maximum absolute atomic E-state index is 11.8. The SMILES string of the molecule is CCCCCCCCCNC(=O)COc1ccc2ccccc2c1. The summed E-state index contributed by atoms with van der Waals surface area (Å²) in [5.74, 6) is 0.689. The summed E-state index contributed by atoms with van der Waals surface area (Å²) < 4.78 is 5.59. The Morgan fingerprint density at radius 2 is 1.62 bits per heavy atom. The van der Waals surface area contributed by atoms with Gasteiger partial charge in [0.15, 0.2) is 6.61 Å². The van der Waals surface area contributed by atoms with Crippen molar-refractivity contribution < 1.29 is 9.53 Å². The largest absolute Gasteiger partial charge is 0.484 e. The highest BCUT2D eigenvalue weighted by Gasteiger charge is 2.03. The molecule has 0 fully saturated rings. The number of carbonyl (C=O) groups excluding carboxylic acids is 1. The Morgan fingerprint density at radius 3 is 2.42 bits per heavy atom. The zero-order valence-electron chi connectivity index (χ0n) is 14.7. The van der Waals surface area contributed by atoms with E-state index >= 15 is 0 Å². The molecule has 3 heteroatoms. The number of ether oxygens (including phenoxy) is 1. The van der Waals surface area contributed by atoms with E-state index in [1.807, 2.05) is 36.4 Å². The smallest absolute Gasteiger partial charge is 0.257 e. The van der Waals surface area contributed by atoms with E-state index in [1.165, 1.54) is 43.9 Å². The topological polar surface area (TPSA) is 38.3 Å². The molecule has 0 heterocycles. The molecule has 24 heavy (non-hydrogen) atoms. The van der Waals surface area contributed by atoms with E-state index in [2.05, 4.69) is 18.3 Å². The monoisotopic (exact) mass is 327 g/mol. The van der Waals surface area contributed by atoms with Gasteiger partial charge in [0.25, 0.3) is 5.91 Å². The molecule has 0 unspecified atom stereocenters. The van der Waals surface area contributed by atoms with Crippen molar-refractivity contribution in [1.82, 2.24) is 5.32 Å². The average molecular weight is 327 g/mol. The number of fused-ring (bicyclic) bond motifs is 1. The first-order chi connectivity index (χ1) is 11.8. The van der Waals surface area contributed by atoms with Crippen LogP contribution >= 0.6 is 0 Å². The van der Waals surface area contributed by atoms with E-state index in [0.29, 0.717) is 0 Å². The highest BCUT2D eigenvalue weighted by molar-refractivity contribution is 5.84. The first-order valence-electron chi connectivity index (χ1n) is 9.18. The molecule has 0 aliphatic rings. The van der Waals surface area contributed by atoms with E-state index in [-0.39, 0.29) is 12.5 Å². The van der Waals surface area contributed by atoms with Crippen LogP contribution in [0.25, 0.3) is 10.8 Å². The van der Waals surface area contributed by atoms with Crippen molar-refractivity contribution in [3.63, 3.8) is 0 Å². The third-order valence-electron chi connectivity index (χ3n) is 4.19. The molecular formula is C21H29NO2. The summed E-state index contributed by atoms with van der Waals surface area (Å²) >= 11 is 0. The van der Waals surface area contributed by atoms with Crippen LogP contribution in [0.4, 0.5) is 0 Å². The average Bonchev–Trinajstić information content (AvgIpc) is 2.62. The van der Waals surface area contributed by atoms with Crippen LogP contribution in [-0.2, 0) is 4.79 Å². The Bertz CT molecular complexity index is 624. The normalized spacial score (nSPS) is 10.7. The lowest BCUT2D eigenvalue weighted by Crippen LogP contribution is -2.29. The van der Waals surface area contributed by atoms with Crippen molar-refractivity contribution in [3.05, 3.63) is 42.5 Å². The van der Waals surface area contributed by atoms with Crippen LogP contribution in [0.3, 0.4) is 0 Å². The second-order valence-corrected chi connectivity index (χ2v) is 6.27. The minimum Gasteiger partial charge on any atom is -0.484 e. The molecular weight excluding hydrogens is 298 g/mol. The van der Waals surface area contributed by atoms with E-state index in [4.69, 9.17) is 4.74 Å². The predicted molar refractivity (Wildman–Crippen MR) is 100 cm³/mol. The molecule has 0 aliphatic heterocycles. The molecule has 1 amide bonds. The van der Waals surface area contributed by atoms with Crippen molar-refractivity contribution in [2.24, 2.45) is 0 Å². The van der Waals surface area contributed by atoms with Gasteiger partial charge in [0.05, 0.1) is 0 Å². The molecule has 0 radical (unpaired) electrons. The van der Waals surface area contributed by atoms with Crippen LogP contribution in [0.5, 0.6) is 5.75 Å². The number of benzene rings is 2. The summed E-state index contributed by atoms with van der Waals surface area (Å²) in [4.78, 5) is 11.8. The van der Waals surface area contributed by atoms with Gasteiger partial charge in [0.1, 0.15) is 5.75 Å². The highest BCUT2D eigenvalue weighted by atomic mass is 16.5. The molecule has 0 saturated heterocycles. The standard InChI is InChI=1S/C21H29NO2/c1-2-3-4-5-6-7-10-15-22-21(23)17-24-20-14-13-18-11-8-9-12-19(18)16-20/h8-9,11-14,16H,2-7,10,15,17H2,1H3,(H,22,23). The van der Waals surface area contributed by atoms with Crippen LogP contribution in [0.2, 0.25) is 0 Å². The van der Waals surface area contributed by atoms with Gasteiger partial charge in [-0.2, -0.15) is 0 Å². The summed E-state index contributed by atoms with van der Waals surface area (Å²) in [6, 6.07) is 14.0. The Morgan fingerprint density at radius 1 is 0.917 bits per heavy atom. The lowest BCUT2D eigenvalue weighted by molar-refractivity contribution is -0.123. The Labute approximate surface area is 145 Å². The fraction of sp³-hybridized carbons (Fsp3) is 0.476. The molecule has 2 aromatic rings. The number of rotatable bonds is 11. The Hall–Kier alpha value is -2.03. The third-order valence-corrected chi connectivity index (χ3v) is 4.19. The van der Waals surface area contributed by atoms with Crippen molar-refractivity contribution in [2.45, 2.75) is 51.9 Å². The minimum absolute atomic E-state index is 0.0471. The number of hydrogen-bond donors (Lipinski definition) is 1. The lowest BCUT2D eigenvalue weighted by atomic mass is 10.1. The Balaban J connectivity index is 1.59. The third kappa shape index (κ3) is 6.61. The molecule has 0 aliphatic carbocycles. The van der Waals surface area contributed by atoms with E-state index < -0.39 is 0 Å². The van der Waals surface area contributed by atoms with Gasteiger partial charge in [-0.1, -0.05) is 75.8 Å². The lowest BCUT2D eigenvalue weighted by Gasteiger charge is -2.08. The molecule has 130 valence electrons. The number of unbranched alkanes of at least 4 members (excludes halogenated alkanes) is 6. The number of hydrogen-bond acceptors (Lipinski definition) is 2. The van der Waals surface area contributed by atoms with Gasteiger partial charge in [-0.05, 0) is 29.3 Å². The van der Waals surface area contributed by atoms with Gasteiger partial charge in [0, 0.05) is 6.54 Å². The predicted octanol–water partition coefficient (Wildman–Crippen LogP) is 5.09. The van der Waals surface area contributed by atoms with Gasteiger partial charge >= 0.3 is 0 Å². The maximum atomic E-state index is 11.8. The van der Waals surface area contributed by atoms with Gasteiger partial charge in [-0.25, -0.2) is 0 Å². The van der Waals surface area contributed by atoms with Crippen LogP contribution in [-0.4, -0.2) is 19.1 Å². The summed E-state index contributed by atoms with van der Waals surface area (Å²) in [7, 11) is 0. The second-order valence-electron chi connectivity index (χ2n) is 6.27. The quantitative estimate of drug-likeness (QED) is 0.584. The first-order valence-corrected chi connectivity index (χ1v) is 9.18. The van der Waals surface area contributed by atoms with Crippen molar-refractivity contribution >= 4 is 16.7 Å². The van der Waals surface area contributed by atoms with Crippen molar-refractivity contribution in [1.29, 1.82) is 0 Å². The molecule has 0 atom stereocenters. The zero-order valence-corrected chi connectivity index (χ0v) is 14.7. The summed E-state index contributed by atoms with van der Waals surface area (Å²) in [5, 5.41) is 5.23. The molecule has 1 N–H and O–H groups in total. The molecule has 0 aromatic heterocycles. The van der Waals surface area contributed by atoms with Crippen molar-refractivity contribution in [2.75, 3.05) is 13.2 Å². The number of nitrogens with one attached hydrogen (secondary N) is 1. The van der Waals surface area contributed by atoms with Gasteiger partial charge in [-0.3, -0.25) is 4.79 Å². The van der Waals surface area contributed by atoms with E-state index in [9.17, 15) is 4.79 Å². The summed E-state index contributed by atoms with van der Waals surface area (Å²) in [5.41, 5.74) is 0. The van der Waals surface area contributed by atoms with Gasteiger partial charge < -0.3 is 10.1 Å². The summed E-state index contributed by atoms with van der Waals surface area (Å²) in [6.45, 7) is 3.05. The summed E-state index contributed by atoms with van der Waals surface area (Å²) in [6.07, 6.45) is 8.78. The number of carbonyl (C=O) groups is 1. The molecule has 2 rings (SSSR count). The van der Waals surface area contributed by atoms with E-state index in [1.54, 1.807) is 0 Å².